The molecule has 1 fully saturated rings. The first-order valence-electron chi connectivity index (χ1n) is 6.80. The van der Waals surface area contributed by atoms with Crippen molar-refractivity contribution in [3.63, 3.8) is 0 Å². The summed E-state index contributed by atoms with van der Waals surface area (Å²) < 4.78 is 0. The maximum absolute atomic E-state index is 11.9. The second-order valence-corrected chi connectivity index (χ2v) is 5.23. The molecule has 1 aromatic carbocycles. The molecular formula is C15H23ClN2O. The lowest BCUT2D eigenvalue weighted by Gasteiger charge is -2.42. The van der Waals surface area contributed by atoms with Gasteiger partial charge in [0.05, 0.1) is 0 Å². The molecule has 19 heavy (non-hydrogen) atoms. The zero-order valence-corrected chi connectivity index (χ0v) is 12.3. The van der Waals surface area contributed by atoms with Gasteiger partial charge in [-0.25, -0.2) is 0 Å². The third kappa shape index (κ3) is 3.87. The van der Waals surface area contributed by atoms with E-state index in [0.717, 1.165) is 36.9 Å². The van der Waals surface area contributed by atoms with Crippen molar-refractivity contribution in [2.24, 2.45) is 0 Å². The number of nitrogen functional groups attached to an aromatic ring is 1. The molecular weight excluding hydrogens is 260 g/mol. The fourth-order valence-electron chi connectivity index (χ4n) is 2.54. The molecule has 0 aromatic heterocycles. The van der Waals surface area contributed by atoms with Crippen LogP contribution in [0.1, 0.15) is 44.6 Å². The Morgan fingerprint density at radius 1 is 1.37 bits per heavy atom. The molecule has 0 aliphatic heterocycles. The van der Waals surface area contributed by atoms with Crippen LogP contribution in [0.3, 0.4) is 0 Å². The zero-order valence-electron chi connectivity index (χ0n) is 11.4. The maximum Gasteiger partial charge on any atom is 0.220 e. The van der Waals surface area contributed by atoms with Gasteiger partial charge in [-0.05, 0) is 43.7 Å². The SMILES string of the molecule is CCC1(NC(=O)CCc2ccccc2N)CCC1.Cl. The molecule has 2 rings (SSSR count). The number of aryl methyl sites for hydroxylation is 1. The molecule has 106 valence electrons. The molecule has 1 saturated carbocycles. The fraction of sp³-hybridized carbons (Fsp3) is 0.533. The number of anilines is 1. The number of hydrogen-bond acceptors (Lipinski definition) is 2. The third-order valence-electron chi connectivity index (χ3n) is 4.07. The van der Waals surface area contributed by atoms with E-state index >= 15 is 0 Å². The Morgan fingerprint density at radius 3 is 2.58 bits per heavy atom. The molecule has 1 aromatic rings. The van der Waals surface area contributed by atoms with Crippen LogP contribution in [0.25, 0.3) is 0 Å². The molecule has 0 unspecified atom stereocenters. The van der Waals surface area contributed by atoms with Crippen molar-refractivity contribution >= 4 is 24.0 Å². The van der Waals surface area contributed by atoms with Crippen molar-refractivity contribution in [1.29, 1.82) is 0 Å². The number of nitrogens with two attached hydrogens (primary N) is 1. The van der Waals surface area contributed by atoms with E-state index in [1.54, 1.807) is 0 Å². The predicted molar refractivity (Wildman–Crippen MR) is 81.4 cm³/mol. The van der Waals surface area contributed by atoms with Gasteiger partial charge in [0, 0.05) is 17.6 Å². The molecule has 0 saturated heterocycles. The highest BCUT2D eigenvalue weighted by atomic mass is 35.5. The second-order valence-electron chi connectivity index (χ2n) is 5.23. The van der Waals surface area contributed by atoms with E-state index in [4.69, 9.17) is 5.73 Å². The van der Waals surface area contributed by atoms with Crippen LogP contribution in [0, 0.1) is 0 Å². The van der Waals surface area contributed by atoms with Crippen LogP contribution in [0.15, 0.2) is 24.3 Å². The van der Waals surface area contributed by atoms with Crippen LogP contribution in [0.4, 0.5) is 5.69 Å². The first-order valence-corrected chi connectivity index (χ1v) is 6.80. The van der Waals surface area contributed by atoms with E-state index < -0.39 is 0 Å². The van der Waals surface area contributed by atoms with Crippen LogP contribution in [-0.2, 0) is 11.2 Å². The molecule has 0 heterocycles. The van der Waals surface area contributed by atoms with Crippen LogP contribution in [-0.4, -0.2) is 11.4 Å². The van der Waals surface area contributed by atoms with Gasteiger partial charge in [-0.3, -0.25) is 4.79 Å². The van der Waals surface area contributed by atoms with Gasteiger partial charge in [0.15, 0.2) is 0 Å². The minimum atomic E-state index is 0. The van der Waals surface area contributed by atoms with E-state index in [1.807, 2.05) is 24.3 Å². The largest absolute Gasteiger partial charge is 0.399 e. The number of carbonyl (C=O) groups is 1. The minimum Gasteiger partial charge on any atom is -0.399 e. The Balaban J connectivity index is 0.00000180. The van der Waals surface area contributed by atoms with Crippen molar-refractivity contribution in [3.05, 3.63) is 29.8 Å². The van der Waals surface area contributed by atoms with E-state index in [2.05, 4.69) is 12.2 Å². The van der Waals surface area contributed by atoms with Gasteiger partial charge in [0.2, 0.25) is 5.91 Å². The molecule has 1 aliphatic carbocycles. The van der Waals surface area contributed by atoms with Gasteiger partial charge >= 0.3 is 0 Å². The Morgan fingerprint density at radius 2 is 2.05 bits per heavy atom. The summed E-state index contributed by atoms with van der Waals surface area (Å²) in [7, 11) is 0. The Hall–Kier alpha value is -1.22. The summed E-state index contributed by atoms with van der Waals surface area (Å²) in [5.41, 5.74) is 7.80. The van der Waals surface area contributed by atoms with Gasteiger partial charge < -0.3 is 11.1 Å². The standard InChI is InChI=1S/C15H22N2O.ClH/c1-2-15(10-5-11-15)17-14(18)9-8-12-6-3-4-7-13(12)16;/h3-4,6-7H,2,5,8-11,16H2,1H3,(H,17,18);1H. The Labute approximate surface area is 121 Å². The lowest BCUT2D eigenvalue weighted by Crippen LogP contribution is -2.53. The van der Waals surface area contributed by atoms with Gasteiger partial charge in [0.1, 0.15) is 0 Å². The summed E-state index contributed by atoms with van der Waals surface area (Å²) in [4.78, 5) is 11.9. The number of carbonyl (C=O) groups excluding carboxylic acids is 1. The third-order valence-corrected chi connectivity index (χ3v) is 4.07. The van der Waals surface area contributed by atoms with E-state index in [0.29, 0.717) is 6.42 Å². The molecule has 0 radical (unpaired) electrons. The van der Waals surface area contributed by atoms with Crippen molar-refractivity contribution in [3.8, 4) is 0 Å². The number of amides is 1. The highest BCUT2D eigenvalue weighted by Crippen LogP contribution is 2.34. The summed E-state index contributed by atoms with van der Waals surface area (Å²) in [5.74, 6) is 0.153. The lowest BCUT2D eigenvalue weighted by atomic mass is 9.75. The summed E-state index contributed by atoms with van der Waals surface area (Å²) in [6.07, 6.45) is 5.77. The molecule has 0 spiro atoms. The molecule has 3 nitrogen and oxygen atoms in total. The number of hydrogen-bond donors (Lipinski definition) is 2. The fourth-order valence-corrected chi connectivity index (χ4v) is 2.54. The van der Waals surface area contributed by atoms with Crippen LogP contribution >= 0.6 is 12.4 Å². The number of para-hydroxylation sites is 1. The highest BCUT2D eigenvalue weighted by molar-refractivity contribution is 5.85. The first-order chi connectivity index (χ1) is 8.65. The summed E-state index contributed by atoms with van der Waals surface area (Å²) in [6.45, 7) is 2.15. The molecule has 1 amide bonds. The minimum absolute atomic E-state index is 0. The molecule has 4 heteroatoms. The van der Waals surface area contributed by atoms with E-state index in [1.165, 1.54) is 6.42 Å². The summed E-state index contributed by atoms with van der Waals surface area (Å²) in [6, 6.07) is 7.75. The highest BCUT2D eigenvalue weighted by Gasteiger charge is 2.36. The number of halogens is 1. The summed E-state index contributed by atoms with van der Waals surface area (Å²) in [5, 5.41) is 3.19. The van der Waals surface area contributed by atoms with Crippen molar-refractivity contribution in [2.45, 2.75) is 51.0 Å². The van der Waals surface area contributed by atoms with Gasteiger partial charge in [-0.2, -0.15) is 0 Å². The lowest BCUT2D eigenvalue weighted by molar-refractivity contribution is -0.124. The smallest absolute Gasteiger partial charge is 0.220 e. The number of benzene rings is 1. The Bertz CT molecular complexity index is 424. The van der Waals surface area contributed by atoms with Crippen LogP contribution < -0.4 is 11.1 Å². The van der Waals surface area contributed by atoms with E-state index in [-0.39, 0.29) is 23.9 Å². The molecule has 1 aliphatic rings. The van der Waals surface area contributed by atoms with Crippen LogP contribution in [0.5, 0.6) is 0 Å². The van der Waals surface area contributed by atoms with Gasteiger partial charge in [0.25, 0.3) is 0 Å². The maximum atomic E-state index is 11.9. The second kappa shape index (κ2) is 6.80. The average Bonchev–Trinajstić information content (AvgIpc) is 2.33. The van der Waals surface area contributed by atoms with E-state index in [9.17, 15) is 4.79 Å². The first kappa shape index (κ1) is 15.8. The zero-order chi connectivity index (χ0) is 13.0. The number of rotatable bonds is 5. The summed E-state index contributed by atoms with van der Waals surface area (Å²) >= 11 is 0. The topological polar surface area (TPSA) is 55.1 Å². The van der Waals surface area contributed by atoms with Crippen molar-refractivity contribution in [1.82, 2.24) is 5.32 Å². The molecule has 3 N–H and O–H groups in total. The molecule has 0 bridgehead atoms. The average molecular weight is 283 g/mol. The normalized spacial score (nSPS) is 16.1. The van der Waals surface area contributed by atoms with Crippen LogP contribution in [0.2, 0.25) is 0 Å². The number of nitrogens with one attached hydrogen (secondary N) is 1. The Kier molecular flexibility index (Phi) is 5.67. The molecule has 0 atom stereocenters. The van der Waals surface area contributed by atoms with Gasteiger partial charge in [-0.15, -0.1) is 12.4 Å². The predicted octanol–water partition coefficient (Wildman–Crippen LogP) is 3.07. The monoisotopic (exact) mass is 282 g/mol. The van der Waals surface area contributed by atoms with Crippen molar-refractivity contribution in [2.75, 3.05) is 5.73 Å². The quantitative estimate of drug-likeness (QED) is 0.816. The van der Waals surface area contributed by atoms with Gasteiger partial charge in [-0.1, -0.05) is 25.1 Å². The van der Waals surface area contributed by atoms with Crippen molar-refractivity contribution < 1.29 is 4.79 Å².